The minimum atomic E-state index is -5.00. The molecule has 1 heterocycles. The Morgan fingerprint density at radius 2 is 1.90 bits per heavy atom. The van der Waals surface area contributed by atoms with Crippen molar-refractivity contribution < 1.29 is 26.4 Å². The number of amides is 1. The molecule has 21 heavy (non-hydrogen) atoms. The first-order valence-corrected chi connectivity index (χ1v) is 7.47. The third kappa shape index (κ3) is 3.03. The summed E-state index contributed by atoms with van der Waals surface area (Å²) in [5.74, 6) is -2.00. The van der Waals surface area contributed by atoms with E-state index in [9.17, 15) is 26.4 Å². The Balaban J connectivity index is 2.49. The molecule has 0 atom stereocenters. The summed E-state index contributed by atoms with van der Waals surface area (Å²) in [4.78, 5) is 11.5. The first-order valence-electron chi connectivity index (χ1n) is 5.99. The quantitative estimate of drug-likeness (QED) is 0.784. The highest BCUT2D eigenvalue weighted by molar-refractivity contribution is 7.88. The number of sulfonamides is 1. The van der Waals surface area contributed by atoms with Gasteiger partial charge in [-0.1, -0.05) is 6.07 Å². The summed E-state index contributed by atoms with van der Waals surface area (Å²) in [5, 5.41) is 7.13. The molecular formula is C12H12F3N2O3S. The molecule has 9 heteroatoms. The largest absolute Gasteiger partial charge is 0.471 e. The van der Waals surface area contributed by atoms with Crippen LogP contribution in [0.5, 0.6) is 0 Å². The number of hydrogen-bond acceptors (Lipinski definition) is 3. The lowest BCUT2D eigenvalue weighted by Gasteiger charge is -2.31. The highest BCUT2D eigenvalue weighted by Gasteiger charge is 2.43. The summed E-state index contributed by atoms with van der Waals surface area (Å²) in [7, 11) is -4.31. The number of fused-ring (bicyclic) bond motifs is 1. The van der Waals surface area contributed by atoms with Gasteiger partial charge in [-0.3, -0.25) is 4.79 Å². The Hall–Kier alpha value is -1.61. The van der Waals surface area contributed by atoms with Crippen LogP contribution in [0.3, 0.4) is 0 Å². The van der Waals surface area contributed by atoms with Gasteiger partial charge < -0.3 is 4.90 Å². The molecule has 0 spiro atoms. The normalized spacial score (nSPS) is 15.8. The summed E-state index contributed by atoms with van der Waals surface area (Å²) in [5.41, 5.74) is 1.43. The number of halogens is 3. The first kappa shape index (κ1) is 15.8. The summed E-state index contributed by atoms with van der Waals surface area (Å²) in [6.45, 7) is 1.12. The molecule has 1 aromatic rings. The number of carbonyl (C=O) groups excluding carboxylic acids is 1. The molecule has 115 valence electrons. The molecule has 0 bridgehead atoms. The first-order chi connectivity index (χ1) is 9.51. The second kappa shape index (κ2) is 4.99. The maximum absolute atomic E-state index is 12.5. The zero-order chi connectivity index (χ0) is 16.0. The summed E-state index contributed by atoms with van der Waals surface area (Å²) in [6.07, 6.45) is -4.87. The van der Waals surface area contributed by atoms with Crippen molar-refractivity contribution in [2.24, 2.45) is 0 Å². The van der Waals surface area contributed by atoms with Gasteiger partial charge in [-0.15, -0.1) is 5.14 Å². The van der Waals surface area contributed by atoms with Crippen LogP contribution in [0.25, 0.3) is 0 Å². The van der Waals surface area contributed by atoms with Gasteiger partial charge in [-0.2, -0.15) is 13.2 Å². The fraction of sp³-hybridized carbons (Fsp3) is 0.417. The number of rotatable bonds is 1. The number of alkyl halides is 3. The smallest absolute Gasteiger partial charge is 0.330 e. The molecule has 1 radical (unpaired) electrons. The molecule has 0 fully saturated rings. The van der Waals surface area contributed by atoms with Crippen molar-refractivity contribution in [3.05, 3.63) is 28.8 Å². The highest BCUT2D eigenvalue weighted by Crippen LogP contribution is 2.30. The lowest BCUT2D eigenvalue weighted by Crippen LogP contribution is -2.44. The third-order valence-electron chi connectivity index (χ3n) is 3.42. The lowest BCUT2D eigenvalue weighted by molar-refractivity contribution is -0.186. The minimum Gasteiger partial charge on any atom is -0.330 e. The molecule has 5 nitrogen and oxygen atoms in total. The molecule has 2 rings (SSSR count). The predicted molar refractivity (Wildman–Crippen MR) is 66.6 cm³/mol. The minimum absolute atomic E-state index is 0.105. The molecule has 1 aromatic carbocycles. The van der Waals surface area contributed by atoms with Gasteiger partial charge in [0, 0.05) is 13.1 Å². The van der Waals surface area contributed by atoms with Gasteiger partial charge in [0.25, 0.3) is 10.0 Å². The Morgan fingerprint density at radius 3 is 2.43 bits per heavy atom. The van der Waals surface area contributed by atoms with Crippen LogP contribution in [0.2, 0.25) is 0 Å². The summed E-state index contributed by atoms with van der Waals surface area (Å²) in [6, 6.07) is 2.71. The van der Waals surface area contributed by atoms with Crippen molar-refractivity contribution in [2.45, 2.75) is 31.0 Å². The van der Waals surface area contributed by atoms with Crippen LogP contribution in [-0.4, -0.2) is 31.9 Å². The maximum Gasteiger partial charge on any atom is 0.471 e. The molecule has 1 aliphatic heterocycles. The highest BCUT2D eigenvalue weighted by atomic mass is 32.2. The van der Waals surface area contributed by atoms with E-state index in [2.05, 4.69) is 0 Å². The van der Waals surface area contributed by atoms with Gasteiger partial charge in [0.15, 0.2) is 0 Å². The predicted octanol–water partition coefficient (Wildman–Crippen LogP) is 1.41. The number of nitrogens with zero attached hydrogens (tertiary/aromatic N) is 1. The monoisotopic (exact) mass is 321 g/mol. The van der Waals surface area contributed by atoms with Gasteiger partial charge in [0.05, 0.1) is 4.90 Å². The van der Waals surface area contributed by atoms with Crippen LogP contribution in [0.4, 0.5) is 13.2 Å². The zero-order valence-electron chi connectivity index (χ0n) is 11.0. The van der Waals surface area contributed by atoms with E-state index >= 15 is 0 Å². The van der Waals surface area contributed by atoms with Crippen molar-refractivity contribution in [3.8, 4) is 0 Å². The van der Waals surface area contributed by atoms with Crippen molar-refractivity contribution >= 4 is 15.9 Å². The number of benzene rings is 1. The Kier molecular flexibility index (Phi) is 3.75. The van der Waals surface area contributed by atoms with E-state index in [0.29, 0.717) is 10.5 Å². The molecule has 1 N–H and O–H groups in total. The number of aryl methyl sites for hydroxylation is 1. The lowest BCUT2D eigenvalue weighted by atomic mass is 9.95. The van der Waals surface area contributed by atoms with Gasteiger partial charge >= 0.3 is 12.1 Å². The maximum atomic E-state index is 12.5. The van der Waals surface area contributed by atoms with Crippen molar-refractivity contribution in [1.82, 2.24) is 10.0 Å². The fourth-order valence-corrected chi connectivity index (χ4v) is 3.19. The van der Waals surface area contributed by atoms with Crippen LogP contribution >= 0.6 is 0 Å². The molecule has 0 unspecified atom stereocenters. The SMILES string of the molecule is Cc1ccc(S([NH])(=O)=O)c2c1CCN(C(=O)C(F)(F)F)C2. The van der Waals surface area contributed by atoms with Crippen LogP contribution in [-0.2, 0) is 27.8 Å². The van der Waals surface area contributed by atoms with Crippen molar-refractivity contribution in [2.75, 3.05) is 6.54 Å². The average Bonchev–Trinajstić information content (AvgIpc) is 2.35. The van der Waals surface area contributed by atoms with Gasteiger partial charge in [-0.05, 0) is 36.1 Å². The van der Waals surface area contributed by atoms with E-state index in [1.807, 2.05) is 0 Å². The second-order valence-corrected chi connectivity index (χ2v) is 6.26. The van der Waals surface area contributed by atoms with E-state index in [4.69, 9.17) is 5.14 Å². The topological polar surface area (TPSA) is 78.2 Å². The number of carbonyl (C=O) groups is 1. The van der Waals surface area contributed by atoms with Gasteiger partial charge in [0.1, 0.15) is 0 Å². The molecule has 0 saturated heterocycles. The molecule has 0 saturated carbocycles. The van der Waals surface area contributed by atoms with E-state index in [0.717, 1.165) is 5.56 Å². The van der Waals surface area contributed by atoms with E-state index in [1.54, 1.807) is 6.92 Å². The van der Waals surface area contributed by atoms with Gasteiger partial charge in [0.2, 0.25) is 0 Å². The van der Waals surface area contributed by atoms with Crippen LogP contribution in [0.1, 0.15) is 16.7 Å². The Bertz CT molecular complexity index is 698. The Morgan fingerprint density at radius 1 is 1.29 bits per heavy atom. The van der Waals surface area contributed by atoms with E-state index in [-0.39, 0.29) is 23.4 Å². The number of hydrogen-bond donors (Lipinski definition) is 0. The van der Waals surface area contributed by atoms with E-state index < -0.39 is 28.7 Å². The van der Waals surface area contributed by atoms with Crippen LogP contribution in [0, 0.1) is 6.92 Å². The van der Waals surface area contributed by atoms with Crippen molar-refractivity contribution in [3.63, 3.8) is 0 Å². The van der Waals surface area contributed by atoms with Crippen LogP contribution < -0.4 is 5.14 Å². The molecular weight excluding hydrogens is 309 g/mol. The zero-order valence-corrected chi connectivity index (χ0v) is 11.8. The molecule has 1 aliphatic rings. The fourth-order valence-electron chi connectivity index (χ4n) is 2.43. The molecule has 1 amide bonds. The van der Waals surface area contributed by atoms with E-state index in [1.165, 1.54) is 12.1 Å². The van der Waals surface area contributed by atoms with Crippen LogP contribution in [0.15, 0.2) is 17.0 Å². The molecule has 0 aliphatic carbocycles. The standard InChI is InChI=1S/C12H12F3N2O3S/c1-7-2-3-10(21(16,19)20)9-6-17(5-4-8(7)9)11(18)12(13,14)15/h2-3,16H,4-6H2,1H3. The number of nitrogens with one attached hydrogen (secondary N) is 1. The average molecular weight is 321 g/mol. The molecule has 0 aromatic heterocycles. The second-order valence-electron chi connectivity index (χ2n) is 4.82. The summed E-state index contributed by atoms with van der Waals surface area (Å²) < 4.78 is 60.3. The van der Waals surface area contributed by atoms with Crippen molar-refractivity contribution in [1.29, 1.82) is 0 Å². The van der Waals surface area contributed by atoms with Gasteiger partial charge in [-0.25, -0.2) is 8.42 Å². The summed E-state index contributed by atoms with van der Waals surface area (Å²) >= 11 is 0. The Labute approximate surface area is 119 Å². The third-order valence-corrected chi connectivity index (χ3v) is 4.38.